The molecule has 1 amide bonds. The molecule has 3 N–H and O–H groups in total. The van der Waals surface area contributed by atoms with Gasteiger partial charge in [-0.05, 0) is 54.6 Å². The molecule has 2 aliphatic heterocycles. The Bertz CT molecular complexity index is 1540. The third-order valence-electron chi connectivity index (χ3n) is 8.48. The fourth-order valence-corrected chi connectivity index (χ4v) is 5.86. The minimum atomic E-state index is -5.16. The molecule has 0 spiro atoms. The highest BCUT2D eigenvalue weighted by molar-refractivity contribution is 5.90. The van der Waals surface area contributed by atoms with E-state index in [0.717, 1.165) is 36.8 Å². The zero-order valence-corrected chi connectivity index (χ0v) is 27.3. The van der Waals surface area contributed by atoms with Gasteiger partial charge >= 0.3 is 30.6 Å². The SMILES string of the molecule is CC[C@@H]1C[C@H]([N+](Cc2cc(C(F)(F)F)cc(C(F)(F)F)c2)=C(N)NN=NC)c2nc(C(F)(F)F)ccc2N1C(=O)OCCN1CCN(C)CC1. The first-order valence-corrected chi connectivity index (χ1v) is 15.5. The maximum Gasteiger partial charge on any atom is 0.433 e. The van der Waals surface area contributed by atoms with Crippen LogP contribution in [0.5, 0.6) is 0 Å². The standard InChI is InChI=1S/C30H36F9N9O2/c1-4-21-16-23(47(26(40)43-44-41-2)17-18-13-19(28(31,32)33)15-20(14-18)29(34,35)36)25-22(5-6-24(42-25)30(37,38)39)48(21)27(49)50-12-11-46-9-7-45(3)8-10-46/h5-6,13-15,21,23H,4,7-12,16-17H2,1-3H3,(H2,40,41,43)/p+1/t21-,23+/m1/s1. The zero-order chi connectivity index (χ0) is 37.0. The molecule has 20 heteroatoms. The summed E-state index contributed by atoms with van der Waals surface area (Å²) in [6.45, 7) is 4.47. The number of rotatable bonds is 8. The highest BCUT2D eigenvalue weighted by atomic mass is 19.4. The van der Waals surface area contributed by atoms with Gasteiger partial charge in [-0.2, -0.15) is 44.6 Å². The topological polar surface area (TPSA) is 115 Å². The third-order valence-corrected chi connectivity index (χ3v) is 8.48. The molecule has 3 heterocycles. The first kappa shape index (κ1) is 38.6. The van der Waals surface area contributed by atoms with Gasteiger partial charge in [0.25, 0.3) is 0 Å². The Kier molecular flexibility index (Phi) is 11.9. The molecule has 2 atom stereocenters. The number of nitrogens with one attached hydrogen (secondary N) is 1. The number of ether oxygens (including phenoxy) is 1. The molecule has 0 aliphatic carbocycles. The lowest BCUT2D eigenvalue weighted by molar-refractivity contribution is -0.593. The number of carbonyl (C=O) groups excluding carboxylic acids is 1. The molecule has 1 fully saturated rings. The van der Waals surface area contributed by atoms with E-state index in [0.29, 0.717) is 24.7 Å². The fraction of sp³-hybridized carbons (Fsp3) is 0.567. The van der Waals surface area contributed by atoms with E-state index in [9.17, 15) is 44.3 Å². The predicted octanol–water partition coefficient (Wildman–Crippen LogP) is 5.67. The maximum absolute atomic E-state index is 14.0. The maximum atomic E-state index is 14.0. The van der Waals surface area contributed by atoms with Gasteiger partial charge in [-0.15, -0.1) is 5.43 Å². The van der Waals surface area contributed by atoms with E-state index in [1.165, 1.54) is 11.9 Å². The number of halogens is 9. The number of likely N-dealkylation sites (N-methyl/N-ethyl adjacent to an activating group) is 1. The summed E-state index contributed by atoms with van der Waals surface area (Å²) in [7, 11) is 3.22. The minimum Gasteiger partial charge on any atom is -0.448 e. The second kappa shape index (κ2) is 15.4. The summed E-state index contributed by atoms with van der Waals surface area (Å²) in [6, 6.07) is 0.553. The van der Waals surface area contributed by atoms with E-state index in [2.05, 4.69) is 30.5 Å². The summed E-state index contributed by atoms with van der Waals surface area (Å²) < 4.78 is 131. The summed E-state index contributed by atoms with van der Waals surface area (Å²) in [5.41, 5.74) is 3.01. The largest absolute Gasteiger partial charge is 0.448 e. The van der Waals surface area contributed by atoms with Crippen LogP contribution in [-0.4, -0.2) is 90.9 Å². The van der Waals surface area contributed by atoms with Gasteiger partial charge in [0.15, 0.2) is 0 Å². The van der Waals surface area contributed by atoms with Gasteiger partial charge in [-0.1, -0.05) is 6.92 Å². The van der Waals surface area contributed by atoms with Crippen LogP contribution in [0.15, 0.2) is 40.7 Å². The number of piperazine rings is 1. The van der Waals surface area contributed by atoms with Crippen molar-refractivity contribution in [3.63, 3.8) is 0 Å². The number of guanidine groups is 1. The first-order valence-electron chi connectivity index (χ1n) is 15.5. The molecule has 1 aromatic heterocycles. The quantitative estimate of drug-likeness (QED) is 0.0901. The van der Waals surface area contributed by atoms with Crippen molar-refractivity contribution in [2.24, 2.45) is 16.1 Å². The normalized spacial score (nSPS) is 20.1. The smallest absolute Gasteiger partial charge is 0.433 e. The van der Waals surface area contributed by atoms with Crippen molar-refractivity contribution >= 4 is 17.7 Å². The molecule has 1 aromatic carbocycles. The van der Waals surface area contributed by atoms with E-state index in [1.54, 1.807) is 6.92 Å². The Morgan fingerprint density at radius 1 is 1.00 bits per heavy atom. The van der Waals surface area contributed by atoms with Crippen LogP contribution in [0.3, 0.4) is 0 Å². The third kappa shape index (κ3) is 9.32. The molecule has 0 radical (unpaired) electrons. The highest BCUT2D eigenvalue weighted by Gasteiger charge is 2.44. The molecule has 2 aliphatic rings. The summed E-state index contributed by atoms with van der Waals surface area (Å²) in [5, 5.41) is 7.01. The van der Waals surface area contributed by atoms with Gasteiger partial charge in [0.1, 0.15) is 24.0 Å². The van der Waals surface area contributed by atoms with Crippen molar-refractivity contribution in [2.75, 3.05) is 58.3 Å². The Balaban J connectivity index is 1.80. The highest BCUT2D eigenvalue weighted by Crippen LogP contribution is 2.43. The molecule has 4 rings (SSSR count). The summed E-state index contributed by atoms with van der Waals surface area (Å²) in [5.74, 6) is -0.463. The van der Waals surface area contributed by atoms with E-state index in [4.69, 9.17) is 10.5 Å². The Morgan fingerprint density at radius 3 is 2.16 bits per heavy atom. The lowest BCUT2D eigenvalue weighted by atomic mass is 9.92. The van der Waals surface area contributed by atoms with Crippen LogP contribution in [0, 0.1) is 0 Å². The number of amides is 1. The lowest BCUT2D eigenvalue weighted by Crippen LogP contribution is -2.50. The van der Waals surface area contributed by atoms with Crippen molar-refractivity contribution in [3.8, 4) is 0 Å². The van der Waals surface area contributed by atoms with Gasteiger partial charge in [0.2, 0.25) is 0 Å². The number of anilines is 1. The number of hydrogen-bond donors (Lipinski definition) is 2. The number of pyridine rings is 1. The number of carbonyl (C=O) groups is 1. The molecule has 0 unspecified atom stereocenters. The molecule has 11 nitrogen and oxygen atoms in total. The fourth-order valence-electron chi connectivity index (χ4n) is 5.86. The van der Waals surface area contributed by atoms with Gasteiger partial charge in [-0.3, -0.25) is 20.1 Å². The number of aromatic nitrogens is 1. The van der Waals surface area contributed by atoms with Crippen LogP contribution in [0.4, 0.5) is 50.0 Å². The number of fused-ring (bicyclic) bond motifs is 1. The van der Waals surface area contributed by atoms with E-state index < -0.39 is 71.6 Å². The summed E-state index contributed by atoms with van der Waals surface area (Å²) in [6.07, 6.45) is -16.1. The van der Waals surface area contributed by atoms with Gasteiger partial charge in [0.05, 0.1) is 30.4 Å². The van der Waals surface area contributed by atoms with Crippen LogP contribution in [0.1, 0.15) is 53.9 Å². The Morgan fingerprint density at radius 2 is 1.62 bits per heavy atom. The van der Waals surface area contributed by atoms with Crippen LogP contribution in [-0.2, 0) is 29.8 Å². The number of benzene rings is 1. The number of alkyl halides is 9. The molecule has 276 valence electrons. The Labute approximate surface area is 281 Å². The van der Waals surface area contributed by atoms with Crippen molar-refractivity contribution < 1.29 is 53.6 Å². The van der Waals surface area contributed by atoms with Gasteiger partial charge in [-0.25, -0.2) is 9.78 Å². The van der Waals surface area contributed by atoms with Crippen LogP contribution in [0.2, 0.25) is 0 Å². The molecule has 2 aromatic rings. The molecular formula is C30H37F9N9O2+. The number of hydrogen-bond acceptors (Lipinski definition) is 7. The summed E-state index contributed by atoms with van der Waals surface area (Å²) in [4.78, 5) is 22.8. The van der Waals surface area contributed by atoms with Crippen molar-refractivity contribution in [1.29, 1.82) is 0 Å². The van der Waals surface area contributed by atoms with Gasteiger partial charge < -0.3 is 9.64 Å². The number of nitrogens with zero attached hydrogens (tertiary/aromatic N) is 7. The minimum absolute atomic E-state index is 0.0157. The van der Waals surface area contributed by atoms with Gasteiger partial charge in [0, 0.05) is 45.2 Å². The molecule has 0 saturated carbocycles. The van der Waals surface area contributed by atoms with Crippen molar-refractivity contribution in [2.45, 2.75) is 56.9 Å². The Hall–Kier alpha value is -4.20. The average Bonchev–Trinajstić information content (AvgIpc) is 3.04. The van der Waals surface area contributed by atoms with Crippen LogP contribution >= 0.6 is 0 Å². The van der Waals surface area contributed by atoms with Crippen LogP contribution < -0.4 is 16.1 Å². The second-order valence-electron chi connectivity index (χ2n) is 11.9. The van der Waals surface area contributed by atoms with E-state index in [1.807, 2.05) is 7.05 Å². The van der Waals surface area contributed by atoms with Crippen molar-refractivity contribution in [3.05, 3.63) is 58.4 Å². The molecule has 50 heavy (non-hydrogen) atoms. The number of nitrogens with two attached hydrogens (primary N) is 1. The first-order chi connectivity index (χ1) is 23.3. The van der Waals surface area contributed by atoms with Crippen LogP contribution in [0.25, 0.3) is 0 Å². The lowest BCUT2D eigenvalue weighted by Gasteiger charge is -2.40. The average molecular weight is 727 g/mol. The second-order valence-corrected chi connectivity index (χ2v) is 11.9. The van der Waals surface area contributed by atoms with E-state index in [-0.39, 0.29) is 36.9 Å². The summed E-state index contributed by atoms with van der Waals surface area (Å²) >= 11 is 0. The predicted molar refractivity (Wildman–Crippen MR) is 162 cm³/mol. The van der Waals surface area contributed by atoms with E-state index >= 15 is 0 Å². The zero-order valence-electron chi connectivity index (χ0n) is 27.3. The molecule has 1 saturated heterocycles. The monoisotopic (exact) mass is 726 g/mol. The molecule has 0 bridgehead atoms. The van der Waals surface area contributed by atoms with Crippen molar-refractivity contribution in [1.82, 2.24) is 20.2 Å². The molecular weight excluding hydrogens is 689 g/mol.